The minimum atomic E-state index is -1.05. The Hall–Kier alpha value is -2.23. The van der Waals surface area contributed by atoms with Gasteiger partial charge in [0.25, 0.3) is 0 Å². The van der Waals surface area contributed by atoms with E-state index in [1.165, 1.54) is 22.9 Å². The van der Waals surface area contributed by atoms with Crippen LogP contribution in [0.15, 0.2) is 30.6 Å². The maximum absolute atomic E-state index is 10.8. The van der Waals surface area contributed by atoms with Crippen LogP contribution in [-0.2, 0) is 6.42 Å². The molecule has 0 bridgehead atoms. The van der Waals surface area contributed by atoms with Crippen molar-refractivity contribution >= 4 is 5.97 Å². The lowest BCUT2D eigenvalue weighted by molar-refractivity contribution is 0.0690. The summed E-state index contributed by atoms with van der Waals surface area (Å²) in [6.45, 7) is 8.74. The van der Waals surface area contributed by atoms with Crippen molar-refractivity contribution in [2.45, 2.75) is 46.0 Å². The first-order valence-corrected chi connectivity index (χ1v) is 7.54. The zero-order valence-electron chi connectivity index (χ0n) is 13.5. The SMILES string of the molecule is CC(C)c1cc(Cc2cnc(C(=O)O)cn2)cc(C(C)C)c1. The third-order valence-electron chi connectivity index (χ3n) is 3.68. The van der Waals surface area contributed by atoms with E-state index in [0.29, 0.717) is 18.3 Å². The van der Waals surface area contributed by atoms with Gasteiger partial charge in [0.2, 0.25) is 0 Å². The van der Waals surface area contributed by atoms with E-state index in [-0.39, 0.29) is 5.69 Å². The molecule has 0 amide bonds. The van der Waals surface area contributed by atoms with Crippen LogP contribution in [-0.4, -0.2) is 21.0 Å². The molecule has 1 aromatic heterocycles. The van der Waals surface area contributed by atoms with Crippen LogP contribution in [0.1, 0.15) is 72.4 Å². The van der Waals surface area contributed by atoms with Gasteiger partial charge in [-0.05, 0) is 28.5 Å². The third kappa shape index (κ3) is 3.91. The molecule has 0 saturated carbocycles. The van der Waals surface area contributed by atoms with E-state index in [4.69, 9.17) is 5.11 Å². The fourth-order valence-electron chi connectivity index (χ4n) is 2.28. The molecule has 2 aromatic rings. The minimum absolute atomic E-state index is 0.0254. The van der Waals surface area contributed by atoms with Crippen molar-refractivity contribution < 1.29 is 9.90 Å². The molecule has 4 heteroatoms. The molecule has 116 valence electrons. The number of carboxylic acid groups (broad SMARTS) is 1. The molecule has 1 heterocycles. The van der Waals surface area contributed by atoms with Crippen LogP contribution in [0.5, 0.6) is 0 Å². The summed E-state index contributed by atoms with van der Waals surface area (Å²) < 4.78 is 0. The van der Waals surface area contributed by atoms with E-state index in [1.807, 2.05) is 0 Å². The number of hydrogen-bond acceptors (Lipinski definition) is 3. The second-order valence-corrected chi connectivity index (χ2v) is 6.19. The van der Waals surface area contributed by atoms with Gasteiger partial charge in [0.15, 0.2) is 5.69 Å². The number of aromatic carboxylic acids is 1. The Labute approximate surface area is 131 Å². The van der Waals surface area contributed by atoms with Gasteiger partial charge in [0, 0.05) is 12.6 Å². The van der Waals surface area contributed by atoms with Gasteiger partial charge >= 0.3 is 5.97 Å². The lowest BCUT2D eigenvalue weighted by atomic mass is 9.92. The largest absolute Gasteiger partial charge is 0.476 e. The molecule has 0 aliphatic rings. The van der Waals surface area contributed by atoms with Gasteiger partial charge in [0.1, 0.15) is 0 Å². The minimum Gasteiger partial charge on any atom is -0.476 e. The predicted octanol–water partition coefficient (Wildman–Crippen LogP) is 4.01. The molecule has 0 saturated heterocycles. The zero-order chi connectivity index (χ0) is 16.3. The predicted molar refractivity (Wildman–Crippen MR) is 86.4 cm³/mol. The fourth-order valence-corrected chi connectivity index (χ4v) is 2.28. The Kier molecular flexibility index (Phi) is 4.91. The number of carbonyl (C=O) groups is 1. The summed E-state index contributed by atoms with van der Waals surface area (Å²) in [4.78, 5) is 18.9. The summed E-state index contributed by atoms with van der Waals surface area (Å²) in [5.41, 5.74) is 4.57. The Balaban J connectivity index is 2.29. The summed E-state index contributed by atoms with van der Waals surface area (Å²) in [7, 11) is 0. The molecule has 0 spiro atoms. The highest BCUT2D eigenvalue weighted by molar-refractivity contribution is 5.84. The highest BCUT2D eigenvalue weighted by atomic mass is 16.4. The molecular weight excluding hydrogens is 276 g/mol. The van der Waals surface area contributed by atoms with Crippen LogP contribution in [0.4, 0.5) is 0 Å². The Morgan fingerprint density at radius 2 is 1.59 bits per heavy atom. The fraction of sp³-hybridized carbons (Fsp3) is 0.389. The van der Waals surface area contributed by atoms with Crippen LogP contribution in [0, 0.1) is 0 Å². The van der Waals surface area contributed by atoms with Crippen LogP contribution in [0.3, 0.4) is 0 Å². The van der Waals surface area contributed by atoms with Crippen molar-refractivity contribution in [2.75, 3.05) is 0 Å². The monoisotopic (exact) mass is 298 g/mol. The summed E-state index contributed by atoms with van der Waals surface area (Å²) in [6, 6.07) is 6.66. The first-order valence-electron chi connectivity index (χ1n) is 7.54. The number of rotatable bonds is 5. The van der Waals surface area contributed by atoms with E-state index >= 15 is 0 Å². The molecule has 0 aliphatic heterocycles. The van der Waals surface area contributed by atoms with E-state index in [2.05, 4.69) is 55.9 Å². The Bertz CT molecular complexity index is 635. The van der Waals surface area contributed by atoms with Crippen LogP contribution < -0.4 is 0 Å². The molecule has 1 N–H and O–H groups in total. The maximum atomic E-state index is 10.8. The van der Waals surface area contributed by atoms with Gasteiger partial charge in [0.05, 0.1) is 11.9 Å². The Morgan fingerprint density at radius 1 is 1.00 bits per heavy atom. The zero-order valence-corrected chi connectivity index (χ0v) is 13.5. The lowest BCUT2D eigenvalue weighted by Crippen LogP contribution is -2.04. The van der Waals surface area contributed by atoms with Gasteiger partial charge in [-0.25, -0.2) is 9.78 Å². The molecule has 2 rings (SSSR count). The van der Waals surface area contributed by atoms with E-state index in [0.717, 1.165) is 5.69 Å². The topological polar surface area (TPSA) is 63.1 Å². The average Bonchev–Trinajstić information content (AvgIpc) is 2.47. The van der Waals surface area contributed by atoms with Crippen molar-refractivity contribution in [1.82, 2.24) is 9.97 Å². The van der Waals surface area contributed by atoms with Crippen molar-refractivity contribution in [2.24, 2.45) is 0 Å². The lowest BCUT2D eigenvalue weighted by Gasteiger charge is -2.14. The third-order valence-corrected chi connectivity index (χ3v) is 3.68. The van der Waals surface area contributed by atoms with Gasteiger partial charge in [-0.2, -0.15) is 0 Å². The van der Waals surface area contributed by atoms with Crippen LogP contribution >= 0.6 is 0 Å². The normalized spacial score (nSPS) is 11.2. The van der Waals surface area contributed by atoms with Gasteiger partial charge in [-0.15, -0.1) is 0 Å². The summed E-state index contributed by atoms with van der Waals surface area (Å²) in [6.07, 6.45) is 3.51. The smallest absolute Gasteiger partial charge is 0.356 e. The van der Waals surface area contributed by atoms with Crippen LogP contribution in [0.25, 0.3) is 0 Å². The summed E-state index contributed by atoms with van der Waals surface area (Å²) >= 11 is 0. The highest BCUT2D eigenvalue weighted by Gasteiger charge is 2.09. The van der Waals surface area contributed by atoms with Crippen molar-refractivity contribution in [3.63, 3.8) is 0 Å². The summed E-state index contributed by atoms with van der Waals surface area (Å²) in [5, 5.41) is 8.86. The highest BCUT2D eigenvalue weighted by Crippen LogP contribution is 2.24. The molecule has 0 atom stereocenters. The van der Waals surface area contributed by atoms with E-state index < -0.39 is 5.97 Å². The van der Waals surface area contributed by atoms with Gasteiger partial charge in [-0.3, -0.25) is 4.98 Å². The average molecular weight is 298 g/mol. The standard InChI is InChI=1S/C18H22N2O2/c1-11(2)14-5-13(6-15(8-14)12(3)4)7-16-9-20-17(10-19-16)18(21)22/h5-6,8-12H,7H2,1-4H3,(H,21,22). The van der Waals surface area contributed by atoms with Gasteiger partial charge < -0.3 is 5.11 Å². The molecule has 0 aliphatic carbocycles. The summed E-state index contributed by atoms with van der Waals surface area (Å²) in [5.74, 6) is -0.112. The molecule has 22 heavy (non-hydrogen) atoms. The van der Waals surface area contributed by atoms with Crippen molar-refractivity contribution in [3.8, 4) is 0 Å². The van der Waals surface area contributed by atoms with Crippen LogP contribution in [0.2, 0.25) is 0 Å². The molecule has 4 nitrogen and oxygen atoms in total. The van der Waals surface area contributed by atoms with Crippen molar-refractivity contribution in [1.29, 1.82) is 0 Å². The first-order chi connectivity index (χ1) is 10.4. The van der Waals surface area contributed by atoms with Crippen molar-refractivity contribution in [3.05, 3.63) is 58.7 Å². The second kappa shape index (κ2) is 6.69. The molecule has 0 radical (unpaired) electrons. The molecule has 0 fully saturated rings. The molecule has 0 unspecified atom stereocenters. The van der Waals surface area contributed by atoms with E-state index in [1.54, 1.807) is 6.20 Å². The number of hydrogen-bond donors (Lipinski definition) is 1. The van der Waals surface area contributed by atoms with E-state index in [9.17, 15) is 4.79 Å². The van der Waals surface area contributed by atoms with Gasteiger partial charge in [-0.1, -0.05) is 45.9 Å². The number of aromatic nitrogens is 2. The number of benzene rings is 1. The Morgan fingerprint density at radius 3 is 2.00 bits per heavy atom. The molecular formula is C18H22N2O2. The maximum Gasteiger partial charge on any atom is 0.356 e. The number of carboxylic acids is 1. The first kappa shape index (κ1) is 16.1. The number of nitrogens with zero attached hydrogens (tertiary/aromatic N) is 2. The second-order valence-electron chi connectivity index (χ2n) is 6.19. The quantitative estimate of drug-likeness (QED) is 0.905. The molecule has 1 aromatic carbocycles.